The van der Waals surface area contributed by atoms with Gasteiger partial charge >= 0.3 is 0 Å². The van der Waals surface area contributed by atoms with Gasteiger partial charge in [0.05, 0.1) is 0 Å². The molecule has 1 heterocycles. The van der Waals surface area contributed by atoms with Gasteiger partial charge in [-0.15, -0.1) is 0 Å². The van der Waals surface area contributed by atoms with Gasteiger partial charge in [0.25, 0.3) is 0 Å². The highest BCUT2D eigenvalue weighted by Gasteiger charge is 2.15. The van der Waals surface area contributed by atoms with Crippen LogP contribution in [0.4, 0.5) is 0 Å². The van der Waals surface area contributed by atoms with Crippen LogP contribution in [0.5, 0.6) is 0 Å². The van der Waals surface area contributed by atoms with Gasteiger partial charge in [0.15, 0.2) is 0 Å². The van der Waals surface area contributed by atoms with Gasteiger partial charge in [-0.3, -0.25) is 0 Å². The minimum absolute atomic E-state index is 0.422. The molecule has 1 aromatic carbocycles. The highest BCUT2D eigenvalue weighted by atomic mass is 32.2. The number of hydrogen-bond acceptors (Lipinski definition) is 2. The summed E-state index contributed by atoms with van der Waals surface area (Å²) in [5.74, 6) is 0. The van der Waals surface area contributed by atoms with Gasteiger partial charge in [-0.25, -0.2) is 0 Å². The zero-order valence-electron chi connectivity index (χ0n) is 6.95. The van der Waals surface area contributed by atoms with E-state index < -0.39 is 0 Å². The first-order valence-corrected chi connectivity index (χ1v) is 4.88. The van der Waals surface area contributed by atoms with E-state index in [4.69, 9.17) is 0 Å². The molecule has 0 saturated carbocycles. The average molecular weight is 177 g/mol. The standard InChI is InChI=1S/C10H11NS/c1-8-7-11-10(12-8)9-5-3-2-4-6-9/h2-7,10-11H,1H3. The van der Waals surface area contributed by atoms with Gasteiger partial charge < -0.3 is 5.32 Å². The fourth-order valence-electron chi connectivity index (χ4n) is 1.24. The molecular formula is C10H11NS. The van der Waals surface area contributed by atoms with E-state index in [2.05, 4.69) is 42.7 Å². The lowest BCUT2D eigenvalue weighted by atomic mass is 10.2. The van der Waals surface area contributed by atoms with E-state index in [1.54, 1.807) is 0 Å². The number of thioether (sulfide) groups is 1. The zero-order chi connectivity index (χ0) is 8.39. The summed E-state index contributed by atoms with van der Waals surface area (Å²) in [6, 6.07) is 10.5. The molecule has 1 aliphatic rings. The van der Waals surface area contributed by atoms with Crippen LogP contribution in [-0.4, -0.2) is 0 Å². The van der Waals surface area contributed by atoms with E-state index in [-0.39, 0.29) is 0 Å². The van der Waals surface area contributed by atoms with E-state index in [0.717, 1.165) is 0 Å². The Morgan fingerprint density at radius 3 is 2.58 bits per heavy atom. The molecule has 0 fully saturated rings. The number of rotatable bonds is 1. The van der Waals surface area contributed by atoms with Crippen LogP contribution < -0.4 is 5.32 Å². The van der Waals surface area contributed by atoms with Crippen molar-refractivity contribution in [3.63, 3.8) is 0 Å². The second kappa shape index (κ2) is 3.23. The minimum Gasteiger partial charge on any atom is -0.375 e. The van der Waals surface area contributed by atoms with E-state index in [9.17, 15) is 0 Å². The van der Waals surface area contributed by atoms with E-state index >= 15 is 0 Å². The summed E-state index contributed by atoms with van der Waals surface area (Å²) in [6.45, 7) is 2.13. The molecule has 0 saturated heterocycles. The van der Waals surface area contributed by atoms with Crippen LogP contribution in [0.15, 0.2) is 41.4 Å². The monoisotopic (exact) mass is 177 g/mol. The van der Waals surface area contributed by atoms with Crippen LogP contribution >= 0.6 is 11.8 Å². The third-order valence-electron chi connectivity index (χ3n) is 1.84. The maximum Gasteiger partial charge on any atom is 0.102 e. The molecule has 2 heteroatoms. The van der Waals surface area contributed by atoms with Crippen molar-refractivity contribution in [1.29, 1.82) is 0 Å². The lowest BCUT2D eigenvalue weighted by molar-refractivity contribution is 0.861. The first-order chi connectivity index (χ1) is 5.86. The predicted molar refractivity (Wildman–Crippen MR) is 53.7 cm³/mol. The highest BCUT2D eigenvalue weighted by Crippen LogP contribution is 2.35. The number of benzene rings is 1. The summed E-state index contributed by atoms with van der Waals surface area (Å²) in [5, 5.41) is 3.75. The molecule has 0 aromatic heterocycles. The molecule has 0 amide bonds. The SMILES string of the molecule is CC1=CNC(c2ccccc2)S1. The van der Waals surface area contributed by atoms with Gasteiger partial charge in [0, 0.05) is 6.20 Å². The van der Waals surface area contributed by atoms with Gasteiger partial charge in [0.1, 0.15) is 5.37 Å². The van der Waals surface area contributed by atoms with Crippen LogP contribution in [0.3, 0.4) is 0 Å². The maximum absolute atomic E-state index is 3.32. The van der Waals surface area contributed by atoms with Gasteiger partial charge in [0.2, 0.25) is 0 Å². The minimum atomic E-state index is 0.422. The van der Waals surface area contributed by atoms with Crippen molar-refractivity contribution in [1.82, 2.24) is 5.32 Å². The molecule has 1 aromatic rings. The fourth-order valence-corrected chi connectivity index (χ4v) is 2.18. The molecule has 1 aliphatic heterocycles. The van der Waals surface area contributed by atoms with E-state index in [1.165, 1.54) is 10.5 Å². The number of nitrogens with one attached hydrogen (secondary N) is 1. The molecule has 0 radical (unpaired) electrons. The Labute approximate surface area is 76.9 Å². The van der Waals surface area contributed by atoms with Gasteiger partial charge in [-0.2, -0.15) is 0 Å². The van der Waals surface area contributed by atoms with Crippen molar-refractivity contribution < 1.29 is 0 Å². The quantitative estimate of drug-likeness (QED) is 0.708. The molecule has 0 bridgehead atoms. The van der Waals surface area contributed by atoms with E-state index in [1.807, 2.05) is 17.8 Å². The first kappa shape index (κ1) is 7.74. The second-order valence-corrected chi connectivity index (χ2v) is 4.18. The Balaban J connectivity index is 2.14. The molecule has 62 valence electrons. The molecule has 1 atom stereocenters. The largest absolute Gasteiger partial charge is 0.375 e. The summed E-state index contributed by atoms with van der Waals surface area (Å²) >= 11 is 1.87. The van der Waals surface area contributed by atoms with Crippen molar-refractivity contribution in [2.75, 3.05) is 0 Å². The summed E-state index contributed by atoms with van der Waals surface area (Å²) in [5.41, 5.74) is 1.34. The Morgan fingerprint density at radius 2 is 2.00 bits per heavy atom. The summed E-state index contributed by atoms with van der Waals surface area (Å²) in [6.07, 6.45) is 2.07. The van der Waals surface area contributed by atoms with Crippen molar-refractivity contribution in [3.05, 3.63) is 47.0 Å². The number of hydrogen-bond donors (Lipinski definition) is 1. The van der Waals surface area contributed by atoms with Crippen LogP contribution in [0.2, 0.25) is 0 Å². The van der Waals surface area contributed by atoms with Crippen molar-refractivity contribution >= 4 is 11.8 Å². The molecule has 1 N–H and O–H groups in total. The molecule has 0 spiro atoms. The normalized spacial score (nSPS) is 21.8. The molecule has 2 rings (SSSR count). The highest BCUT2D eigenvalue weighted by molar-refractivity contribution is 8.03. The lowest BCUT2D eigenvalue weighted by Gasteiger charge is -2.09. The Morgan fingerprint density at radius 1 is 1.25 bits per heavy atom. The molecule has 12 heavy (non-hydrogen) atoms. The number of allylic oxidation sites excluding steroid dienone is 1. The van der Waals surface area contributed by atoms with Crippen LogP contribution in [0.1, 0.15) is 17.9 Å². The van der Waals surface area contributed by atoms with Crippen molar-refractivity contribution in [2.45, 2.75) is 12.3 Å². The second-order valence-electron chi connectivity index (χ2n) is 2.83. The van der Waals surface area contributed by atoms with Crippen LogP contribution in [-0.2, 0) is 0 Å². The third-order valence-corrected chi connectivity index (χ3v) is 2.98. The predicted octanol–water partition coefficient (Wildman–Crippen LogP) is 2.88. The Kier molecular flexibility index (Phi) is 2.09. The molecule has 1 nitrogen and oxygen atoms in total. The Hall–Kier alpha value is -0.890. The first-order valence-electron chi connectivity index (χ1n) is 4.01. The topological polar surface area (TPSA) is 12.0 Å². The van der Waals surface area contributed by atoms with Crippen LogP contribution in [0, 0.1) is 0 Å². The smallest absolute Gasteiger partial charge is 0.102 e. The molecule has 0 aliphatic carbocycles. The summed E-state index contributed by atoms with van der Waals surface area (Å²) in [7, 11) is 0. The average Bonchev–Trinajstić information content (AvgIpc) is 2.54. The fraction of sp³-hybridized carbons (Fsp3) is 0.200. The van der Waals surface area contributed by atoms with E-state index in [0.29, 0.717) is 5.37 Å². The molecule has 1 unspecified atom stereocenters. The summed E-state index contributed by atoms with van der Waals surface area (Å²) < 4.78 is 0. The van der Waals surface area contributed by atoms with Crippen molar-refractivity contribution in [3.8, 4) is 0 Å². The zero-order valence-corrected chi connectivity index (χ0v) is 7.77. The summed E-state index contributed by atoms with van der Waals surface area (Å²) in [4.78, 5) is 1.35. The van der Waals surface area contributed by atoms with Gasteiger partial charge in [-0.05, 0) is 17.4 Å². The third kappa shape index (κ3) is 1.48. The van der Waals surface area contributed by atoms with Crippen molar-refractivity contribution in [2.24, 2.45) is 0 Å². The van der Waals surface area contributed by atoms with Gasteiger partial charge in [-0.1, -0.05) is 42.1 Å². The van der Waals surface area contributed by atoms with Crippen LogP contribution in [0.25, 0.3) is 0 Å². The molecular weight excluding hydrogens is 166 g/mol. The maximum atomic E-state index is 3.32. The Bertz CT molecular complexity index is 292. The lowest BCUT2D eigenvalue weighted by Crippen LogP contribution is -2.06.